The van der Waals surface area contributed by atoms with Gasteiger partial charge in [0, 0.05) is 30.0 Å². The maximum atomic E-state index is 13.0. The molecule has 4 rings (SSSR count). The summed E-state index contributed by atoms with van der Waals surface area (Å²) in [5, 5.41) is 16.8. The molecular formula is C22H23F3N4O3. The van der Waals surface area contributed by atoms with Crippen LogP contribution >= 0.6 is 0 Å². The molecule has 3 aromatic rings. The number of fused-ring (bicyclic) bond motifs is 1. The van der Waals surface area contributed by atoms with Gasteiger partial charge in [-0.2, -0.15) is 5.10 Å². The Hall–Kier alpha value is -3.14. The number of ether oxygens (including phenoxy) is 1. The Kier molecular flexibility index (Phi) is 6.05. The molecule has 0 saturated heterocycles. The number of carbonyl (C=O) groups is 1. The molecule has 170 valence electrons. The highest BCUT2D eigenvalue weighted by Crippen LogP contribution is 2.36. The van der Waals surface area contributed by atoms with E-state index in [2.05, 4.69) is 20.1 Å². The molecular weight excluding hydrogens is 425 g/mol. The first kappa shape index (κ1) is 22.1. The van der Waals surface area contributed by atoms with Gasteiger partial charge in [-0.05, 0) is 56.7 Å². The van der Waals surface area contributed by atoms with E-state index < -0.39 is 18.0 Å². The van der Waals surface area contributed by atoms with Gasteiger partial charge >= 0.3 is 6.36 Å². The van der Waals surface area contributed by atoms with Gasteiger partial charge in [-0.15, -0.1) is 13.2 Å². The van der Waals surface area contributed by atoms with Crippen LogP contribution in [0.3, 0.4) is 0 Å². The van der Waals surface area contributed by atoms with Crippen molar-refractivity contribution in [2.24, 2.45) is 5.92 Å². The Morgan fingerprint density at radius 3 is 2.66 bits per heavy atom. The fourth-order valence-electron chi connectivity index (χ4n) is 4.01. The number of aryl methyl sites for hydroxylation is 1. The second-order valence-electron chi connectivity index (χ2n) is 8.04. The van der Waals surface area contributed by atoms with E-state index in [9.17, 15) is 23.1 Å². The van der Waals surface area contributed by atoms with Crippen molar-refractivity contribution in [1.29, 1.82) is 0 Å². The zero-order valence-corrected chi connectivity index (χ0v) is 17.4. The molecule has 0 spiro atoms. The van der Waals surface area contributed by atoms with E-state index in [1.165, 1.54) is 18.2 Å². The molecule has 0 unspecified atom stereocenters. The molecule has 32 heavy (non-hydrogen) atoms. The third-order valence-electron chi connectivity index (χ3n) is 5.67. The first-order valence-corrected chi connectivity index (χ1v) is 10.4. The van der Waals surface area contributed by atoms with Crippen LogP contribution in [0.2, 0.25) is 0 Å². The summed E-state index contributed by atoms with van der Waals surface area (Å²) in [6.07, 6.45) is 0.216. The van der Waals surface area contributed by atoms with Crippen molar-refractivity contribution >= 4 is 22.5 Å². The summed E-state index contributed by atoms with van der Waals surface area (Å²) in [4.78, 5) is 16.7. The standard InChI is InChI=1S/C22H23F3N4O3/c1-13-3-2-4-17(26-13)21(31)27-19-9-15-11-29(16-7-5-14(12-30)6-8-16)28-18(15)10-20(19)32-22(23,24)25/h2-4,9-11,14,16,30H,5-8,12H2,1H3,(H,27,31). The first-order valence-electron chi connectivity index (χ1n) is 10.4. The smallest absolute Gasteiger partial charge is 0.403 e. The molecule has 2 heterocycles. The number of nitrogens with zero attached hydrogens (tertiary/aromatic N) is 3. The lowest BCUT2D eigenvalue weighted by Crippen LogP contribution is -2.20. The number of hydrogen-bond donors (Lipinski definition) is 2. The molecule has 1 aromatic carbocycles. The minimum absolute atomic E-state index is 0.0828. The first-order chi connectivity index (χ1) is 15.2. The summed E-state index contributed by atoms with van der Waals surface area (Å²) < 4.78 is 44.9. The molecule has 1 saturated carbocycles. The third-order valence-corrected chi connectivity index (χ3v) is 5.67. The fraction of sp³-hybridized carbons (Fsp3) is 0.409. The van der Waals surface area contributed by atoms with Gasteiger partial charge in [0.15, 0.2) is 5.75 Å². The molecule has 1 aliphatic carbocycles. The van der Waals surface area contributed by atoms with Crippen molar-refractivity contribution in [3.63, 3.8) is 0 Å². The largest absolute Gasteiger partial charge is 0.573 e. The number of amides is 1. The van der Waals surface area contributed by atoms with Crippen LogP contribution in [-0.4, -0.2) is 38.7 Å². The highest BCUT2D eigenvalue weighted by Gasteiger charge is 2.33. The van der Waals surface area contributed by atoms with Crippen LogP contribution in [0, 0.1) is 12.8 Å². The van der Waals surface area contributed by atoms with Crippen molar-refractivity contribution in [2.45, 2.75) is 45.0 Å². The number of alkyl halides is 3. The molecule has 0 radical (unpaired) electrons. The van der Waals surface area contributed by atoms with Gasteiger partial charge in [-0.3, -0.25) is 9.48 Å². The minimum Gasteiger partial charge on any atom is -0.403 e. The summed E-state index contributed by atoms with van der Waals surface area (Å²) in [5.74, 6) is -0.907. The van der Waals surface area contributed by atoms with Crippen LogP contribution in [0.1, 0.15) is 47.9 Å². The molecule has 1 aliphatic rings. The third kappa shape index (κ3) is 5.01. The number of aliphatic hydroxyl groups is 1. The molecule has 1 fully saturated rings. The van der Waals surface area contributed by atoms with E-state index in [0.717, 1.165) is 25.7 Å². The maximum absolute atomic E-state index is 13.0. The van der Waals surface area contributed by atoms with E-state index >= 15 is 0 Å². The summed E-state index contributed by atoms with van der Waals surface area (Å²) in [6.45, 7) is 1.87. The van der Waals surface area contributed by atoms with Gasteiger partial charge in [-0.25, -0.2) is 4.98 Å². The van der Waals surface area contributed by atoms with Crippen molar-refractivity contribution in [3.05, 3.63) is 47.9 Å². The van der Waals surface area contributed by atoms with Crippen LogP contribution in [0.25, 0.3) is 10.9 Å². The van der Waals surface area contributed by atoms with Crippen molar-refractivity contribution in [2.75, 3.05) is 11.9 Å². The highest BCUT2D eigenvalue weighted by atomic mass is 19.4. The number of aromatic nitrogens is 3. The Morgan fingerprint density at radius 1 is 1.25 bits per heavy atom. The van der Waals surface area contributed by atoms with E-state index in [1.54, 1.807) is 29.9 Å². The second kappa shape index (κ2) is 8.78. The van der Waals surface area contributed by atoms with Crippen LogP contribution in [0.4, 0.5) is 18.9 Å². The molecule has 0 atom stereocenters. The summed E-state index contributed by atoms with van der Waals surface area (Å²) in [5.41, 5.74) is 0.906. The highest BCUT2D eigenvalue weighted by molar-refractivity contribution is 6.05. The minimum atomic E-state index is -4.93. The lowest BCUT2D eigenvalue weighted by atomic mass is 9.87. The van der Waals surface area contributed by atoms with Gasteiger partial charge in [-0.1, -0.05) is 6.07 Å². The van der Waals surface area contributed by atoms with Crippen LogP contribution in [0.15, 0.2) is 36.5 Å². The topological polar surface area (TPSA) is 89.3 Å². The number of nitrogens with one attached hydrogen (secondary N) is 1. The maximum Gasteiger partial charge on any atom is 0.573 e. The number of hydrogen-bond acceptors (Lipinski definition) is 5. The fourth-order valence-corrected chi connectivity index (χ4v) is 4.01. The van der Waals surface area contributed by atoms with Gasteiger partial charge in [0.2, 0.25) is 0 Å². The predicted octanol–water partition coefficient (Wildman–Crippen LogP) is 4.61. The zero-order chi connectivity index (χ0) is 22.9. The predicted molar refractivity (Wildman–Crippen MR) is 111 cm³/mol. The van der Waals surface area contributed by atoms with E-state index in [4.69, 9.17) is 0 Å². The van der Waals surface area contributed by atoms with Gasteiger partial charge < -0.3 is 15.2 Å². The number of halogens is 3. The second-order valence-corrected chi connectivity index (χ2v) is 8.04. The Labute approximate surface area is 182 Å². The van der Waals surface area contributed by atoms with Crippen LogP contribution < -0.4 is 10.1 Å². The zero-order valence-electron chi connectivity index (χ0n) is 17.4. The number of benzene rings is 1. The summed E-state index contributed by atoms with van der Waals surface area (Å²) >= 11 is 0. The van der Waals surface area contributed by atoms with Gasteiger partial charge in [0.1, 0.15) is 5.69 Å². The van der Waals surface area contributed by atoms with Crippen LogP contribution in [-0.2, 0) is 0 Å². The quantitative estimate of drug-likeness (QED) is 0.595. The Balaban J connectivity index is 1.65. The lowest BCUT2D eigenvalue weighted by molar-refractivity contribution is -0.274. The number of pyridine rings is 1. The molecule has 7 nitrogen and oxygen atoms in total. The summed E-state index contributed by atoms with van der Waals surface area (Å²) in [7, 11) is 0. The monoisotopic (exact) mass is 448 g/mol. The average Bonchev–Trinajstić information content (AvgIpc) is 3.15. The molecule has 10 heteroatoms. The molecule has 2 N–H and O–H groups in total. The van der Waals surface area contributed by atoms with Gasteiger partial charge in [0.25, 0.3) is 5.91 Å². The molecule has 2 aromatic heterocycles. The Bertz CT molecular complexity index is 1120. The average molecular weight is 448 g/mol. The van der Waals surface area contributed by atoms with E-state index in [-0.39, 0.29) is 29.9 Å². The number of carbonyl (C=O) groups excluding carboxylic acids is 1. The molecule has 1 amide bonds. The molecule has 0 aliphatic heterocycles. The SMILES string of the molecule is Cc1cccc(C(=O)Nc2cc3cn(C4CCC(CO)CC4)nc3cc2OC(F)(F)F)n1. The number of aliphatic hydroxyl groups excluding tert-OH is 1. The van der Waals surface area contributed by atoms with Crippen LogP contribution in [0.5, 0.6) is 5.75 Å². The summed E-state index contributed by atoms with van der Waals surface area (Å²) in [6, 6.07) is 7.54. The lowest BCUT2D eigenvalue weighted by Gasteiger charge is -2.27. The normalized spacial score (nSPS) is 19.2. The van der Waals surface area contributed by atoms with Gasteiger partial charge in [0.05, 0.1) is 17.2 Å². The van der Waals surface area contributed by atoms with E-state index in [1.807, 2.05) is 0 Å². The van der Waals surface area contributed by atoms with Crippen molar-refractivity contribution in [1.82, 2.24) is 14.8 Å². The number of anilines is 1. The molecule has 0 bridgehead atoms. The van der Waals surface area contributed by atoms with Crippen molar-refractivity contribution < 1.29 is 27.8 Å². The Morgan fingerprint density at radius 2 is 2.00 bits per heavy atom. The number of rotatable bonds is 5. The van der Waals surface area contributed by atoms with E-state index in [0.29, 0.717) is 16.6 Å². The van der Waals surface area contributed by atoms with Crippen molar-refractivity contribution in [3.8, 4) is 5.75 Å².